The van der Waals surface area contributed by atoms with E-state index in [1.165, 1.54) is 4.90 Å². The van der Waals surface area contributed by atoms with Gasteiger partial charge in [0, 0.05) is 12.7 Å². The number of nitrogens with two attached hydrogens (primary N) is 1. The van der Waals surface area contributed by atoms with Gasteiger partial charge in [0.05, 0.1) is 5.92 Å². The normalized spacial score (nSPS) is 11.9. The molecule has 4 N–H and O–H groups in total. The van der Waals surface area contributed by atoms with Crippen LogP contribution in [0.3, 0.4) is 0 Å². The van der Waals surface area contributed by atoms with Crippen LogP contribution in [0.25, 0.3) is 0 Å². The molecule has 0 amide bonds. The van der Waals surface area contributed by atoms with E-state index in [1.54, 1.807) is 31.3 Å². The van der Waals surface area contributed by atoms with Gasteiger partial charge < -0.3 is 15.7 Å². The quantitative estimate of drug-likeness (QED) is 0.546. The molecule has 0 fully saturated rings. The van der Waals surface area contributed by atoms with Crippen LogP contribution in [-0.4, -0.2) is 24.1 Å². The number of nitrogens with zero attached hydrogens (tertiary/aromatic N) is 1. The molecule has 0 aliphatic rings. The number of hydrogen-bond acceptors (Lipinski definition) is 2. The molecule has 1 atom stereocenters. The van der Waals surface area contributed by atoms with Crippen molar-refractivity contribution in [2.24, 2.45) is 5.73 Å². The number of carbonyl (C=O) groups is 1. The molecule has 0 aromatic heterocycles. The Morgan fingerprint density at radius 2 is 2.00 bits per heavy atom. The molecule has 0 bridgehead atoms. The zero-order valence-electron chi connectivity index (χ0n) is 9.97. The van der Waals surface area contributed by atoms with E-state index >= 15 is 0 Å². The number of carboxylic acids is 1. The summed E-state index contributed by atoms with van der Waals surface area (Å²) in [6.07, 6.45) is 0.553. The second-order valence-electron chi connectivity index (χ2n) is 3.83. The first kappa shape index (κ1) is 13.0. The van der Waals surface area contributed by atoms with Gasteiger partial charge in [-0.05, 0) is 24.1 Å². The zero-order chi connectivity index (χ0) is 13.0. The number of nitrogens with one attached hydrogen (secondary N) is 1. The van der Waals surface area contributed by atoms with Crippen LogP contribution in [0.15, 0.2) is 24.3 Å². The molecule has 0 aliphatic carbocycles. The number of carboxylic acid groups (broad SMARTS) is 1. The third-order valence-electron chi connectivity index (χ3n) is 2.75. The van der Waals surface area contributed by atoms with Crippen molar-refractivity contribution in [2.75, 3.05) is 11.9 Å². The maximum Gasteiger partial charge on any atom is 0.310 e. The summed E-state index contributed by atoms with van der Waals surface area (Å²) in [5, 5.41) is 16.3. The lowest BCUT2D eigenvalue weighted by molar-refractivity contribution is -0.138. The highest BCUT2D eigenvalue weighted by atomic mass is 16.4. The van der Waals surface area contributed by atoms with Gasteiger partial charge in [-0.15, -0.1) is 0 Å². The van der Waals surface area contributed by atoms with Gasteiger partial charge in [0.25, 0.3) is 0 Å². The summed E-state index contributed by atoms with van der Waals surface area (Å²) in [5.41, 5.74) is 6.89. The van der Waals surface area contributed by atoms with E-state index in [-0.39, 0.29) is 5.96 Å². The molecule has 1 unspecified atom stereocenters. The smallest absolute Gasteiger partial charge is 0.310 e. The minimum Gasteiger partial charge on any atom is -0.481 e. The molecular formula is C12H17N3O2. The Kier molecular flexibility index (Phi) is 4.09. The summed E-state index contributed by atoms with van der Waals surface area (Å²) in [4.78, 5) is 12.5. The summed E-state index contributed by atoms with van der Waals surface area (Å²) >= 11 is 0. The minimum atomic E-state index is -0.819. The number of guanidine groups is 1. The van der Waals surface area contributed by atoms with Crippen LogP contribution in [0.1, 0.15) is 24.8 Å². The summed E-state index contributed by atoms with van der Waals surface area (Å²) in [7, 11) is 1.69. The molecule has 1 aromatic carbocycles. The molecule has 5 nitrogen and oxygen atoms in total. The van der Waals surface area contributed by atoms with Crippen molar-refractivity contribution < 1.29 is 9.90 Å². The number of benzene rings is 1. The molecule has 0 saturated carbocycles. The Bertz CT molecular complexity index is 414. The first-order valence-electron chi connectivity index (χ1n) is 5.37. The van der Waals surface area contributed by atoms with Gasteiger partial charge in [-0.3, -0.25) is 10.2 Å². The molecule has 0 radical (unpaired) electrons. The summed E-state index contributed by atoms with van der Waals surface area (Å²) in [5.74, 6) is -1.35. The van der Waals surface area contributed by atoms with Crippen LogP contribution in [0.2, 0.25) is 0 Å². The first-order valence-corrected chi connectivity index (χ1v) is 5.37. The van der Waals surface area contributed by atoms with Crippen LogP contribution in [0.4, 0.5) is 5.69 Å². The fraction of sp³-hybridized carbons (Fsp3) is 0.333. The lowest BCUT2D eigenvalue weighted by Gasteiger charge is -2.18. The van der Waals surface area contributed by atoms with Crippen molar-refractivity contribution in [3.05, 3.63) is 29.8 Å². The van der Waals surface area contributed by atoms with Crippen LogP contribution >= 0.6 is 0 Å². The monoisotopic (exact) mass is 235 g/mol. The summed E-state index contributed by atoms with van der Waals surface area (Å²) in [6.45, 7) is 1.84. The molecular weight excluding hydrogens is 218 g/mol. The Morgan fingerprint density at radius 1 is 1.47 bits per heavy atom. The average molecular weight is 235 g/mol. The molecule has 92 valence electrons. The molecule has 0 heterocycles. The third-order valence-corrected chi connectivity index (χ3v) is 2.75. The van der Waals surface area contributed by atoms with E-state index in [0.29, 0.717) is 6.42 Å². The van der Waals surface area contributed by atoms with E-state index in [4.69, 9.17) is 16.2 Å². The Morgan fingerprint density at radius 3 is 2.35 bits per heavy atom. The van der Waals surface area contributed by atoms with Crippen molar-refractivity contribution >= 4 is 17.6 Å². The molecule has 0 spiro atoms. The largest absolute Gasteiger partial charge is 0.481 e. The van der Waals surface area contributed by atoms with E-state index in [9.17, 15) is 4.79 Å². The summed E-state index contributed by atoms with van der Waals surface area (Å²) in [6, 6.07) is 7.05. The van der Waals surface area contributed by atoms with E-state index in [1.807, 2.05) is 6.92 Å². The lowest BCUT2D eigenvalue weighted by atomic mass is 9.96. The van der Waals surface area contributed by atoms with Crippen LogP contribution < -0.4 is 10.6 Å². The maximum atomic E-state index is 11.0. The minimum absolute atomic E-state index is 0.0528. The van der Waals surface area contributed by atoms with Crippen molar-refractivity contribution in [3.63, 3.8) is 0 Å². The number of anilines is 1. The number of rotatable bonds is 4. The zero-order valence-corrected chi connectivity index (χ0v) is 9.97. The predicted octanol–water partition coefficient (Wildman–Crippen LogP) is 1.59. The Balaban J connectivity index is 2.94. The fourth-order valence-electron chi connectivity index (χ4n) is 1.62. The molecule has 5 heteroatoms. The van der Waals surface area contributed by atoms with Crippen LogP contribution in [-0.2, 0) is 4.79 Å². The predicted molar refractivity (Wildman–Crippen MR) is 67.4 cm³/mol. The van der Waals surface area contributed by atoms with E-state index in [0.717, 1.165) is 11.3 Å². The standard InChI is InChI=1S/C12H17N3O2/c1-3-10(11(16)17)8-4-6-9(7-5-8)15(2)12(13)14/h4-7,10H,3H2,1-2H3,(H3,13,14)(H,16,17). The van der Waals surface area contributed by atoms with Crippen LogP contribution in [0, 0.1) is 5.41 Å². The van der Waals surface area contributed by atoms with Gasteiger partial charge in [0.1, 0.15) is 0 Å². The Labute approximate surface area is 100 Å². The highest BCUT2D eigenvalue weighted by Gasteiger charge is 2.17. The van der Waals surface area contributed by atoms with Gasteiger partial charge in [-0.25, -0.2) is 0 Å². The second-order valence-corrected chi connectivity index (χ2v) is 3.83. The van der Waals surface area contributed by atoms with Crippen molar-refractivity contribution in [2.45, 2.75) is 19.3 Å². The van der Waals surface area contributed by atoms with Crippen molar-refractivity contribution in [3.8, 4) is 0 Å². The summed E-state index contributed by atoms with van der Waals surface area (Å²) < 4.78 is 0. The van der Waals surface area contributed by atoms with Gasteiger partial charge in [-0.2, -0.15) is 0 Å². The third kappa shape index (κ3) is 2.96. The molecule has 1 rings (SSSR count). The SMILES string of the molecule is CCC(C(=O)O)c1ccc(N(C)C(=N)N)cc1. The van der Waals surface area contributed by atoms with Crippen LogP contribution in [0.5, 0.6) is 0 Å². The van der Waals surface area contributed by atoms with Gasteiger partial charge in [-0.1, -0.05) is 19.1 Å². The maximum absolute atomic E-state index is 11.0. The van der Waals surface area contributed by atoms with Gasteiger partial charge in [0.15, 0.2) is 5.96 Å². The van der Waals surface area contributed by atoms with Crippen molar-refractivity contribution in [1.82, 2.24) is 0 Å². The first-order chi connectivity index (χ1) is 7.97. The molecule has 0 aliphatic heterocycles. The topological polar surface area (TPSA) is 90.4 Å². The lowest BCUT2D eigenvalue weighted by Crippen LogP contribution is -2.32. The average Bonchev–Trinajstić information content (AvgIpc) is 2.29. The van der Waals surface area contributed by atoms with E-state index in [2.05, 4.69) is 0 Å². The Hall–Kier alpha value is -2.04. The van der Waals surface area contributed by atoms with E-state index < -0.39 is 11.9 Å². The van der Waals surface area contributed by atoms with Gasteiger partial charge in [0.2, 0.25) is 0 Å². The molecule has 1 aromatic rings. The number of aliphatic carboxylic acids is 1. The number of hydrogen-bond donors (Lipinski definition) is 3. The van der Waals surface area contributed by atoms with Crippen molar-refractivity contribution in [1.29, 1.82) is 5.41 Å². The van der Waals surface area contributed by atoms with Gasteiger partial charge >= 0.3 is 5.97 Å². The second kappa shape index (κ2) is 5.34. The highest BCUT2D eigenvalue weighted by molar-refractivity contribution is 5.91. The molecule has 0 saturated heterocycles. The highest BCUT2D eigenvalue weighted by Crippen LogP contribution is 2.22. The molecule has 17 heavy (non-hydrogen) atoms. The fourth-order valence-corrected chi connectivity index (χ4v) is 1.62.